The summed E-state index contributed by atoms with van der Waals surface area (Å²) in [7, 11) is 0. The van der Waals surface area contributed by atoms with Crippen molar-refractivity contribution in [3.05, 3.63) is 66.0 Å². The summed E-state index contributed by atoms with van der Waals surface area (Å²) in [6.45, 7) is 0.287. The number of rotatable bonds is 9. The van der Waals surface area contributed by atoms with Gasteiger partial charge in [-0.3, -0.25) is 4.79 Å². The minimum absolute atomic E-state index is 0.153. The molecule has 132 valence electrons. The molecule has 0 bridgehead atoms. The van der Waals surface area contributed by atoms with Gasteiger partial charge in [0.1, 0.15) is 17.6 Å². The molecule has 6 heteroatoms. The molecule has 0 saturated heterocycles. The minimum Gasteiger partial charge on any atom is -0.494 e. The summed E-state index contributed by atoms with van der Waals surface area (Å²) in [5, 5.41) is 11.8. The Balaban J connectivity index is 1.73. The van der Waals surface area contributed by atoms with E-state index in [-0.39, 0.29) is 31.2 Å². The summed E-state index contributed by atoms with van der Waals surface area (Å²) in [6, 6.07) is 13.8. The van der Waals surface area contributed by atoms with Gasteiger partial charge >= 0.3 is 5.97 Å². The summed E-state index contributed by atoms with van der Waals surface area (Å²) < 4.78 is 18.2. The van der Waals surface area contributed by atoms with Crippen LogP contribution in [0.2, 0.25) is 0 Å². The minimum atomic E-state index is -1.07. The van der Waals surface area contributed by atoms with Crippen LogP contribution in [0, 0.1) is 5.82 Å². The van der Waals surface area contributed by atoms with Crippen molar-refractivity contribution in [2.24, 2.45) is 0 Å². The fourth-order valence-corrected chi connectivity index (χ4v) is 2.27. The fraction of sp³-hybridized carbons (Fsp3) is 0.263. The van der Waals surface area contributed by atoms with Crippen molar-refractivity contribution < 1.29 is 23.8 Å². The highest BCUT2D eigenvalue weighted by Gasteiger charge is 2.20. The van der Waals surface area contributed by atoms with E-state index >= 15 is 0 Å². The smallest absolute Gasteiger partial charge is 0.326 e. The van der Waals surface area contributed by atoms with Gasteiger partial charge in [0.05, 0.1) is 6.61 Å². The molecule has 2 aromatic carbocycles. The average molecular weight is 345 g/mol. The molecule has 5 nitrogen and oxygen atoms in total. The van der Waals surface area contributed by atoms with Gasteiger partial charge < -0.3 is 15.2 Å². The van der Waals surface area contributed by atoms with E-state index in [1.54, 1.807) is 0 Å². The Kier molecular flexibility index (Phi) is 6.95. The highest BCUT2D eigenvalue weighted by atomic mass is 19.1. The van der Waals surface area contributed by atoms with Crippen LogP contribution in [0.3, 0.4) is 0 Å². The second-order valence-electron chi connectivity index (χ2n) is 5.55. The lowest BCUT2D eigenvalue weighted by Gasteiger charge is -2.14. The van der Waals surface area contributed by atoms with Crippen molar-refractivity contribution in [3.8, 4) is 5.75 Å². The first-order valence-corrected chi connectivity index (χ1v) is 7.99. The first kappa shape index (κ1) is 18.4. The third kappa shape index (κ3) is 6.63. The monoisotopic (exact) mass is 345 g/mol. The molecular formula is C19H20FNO4. The quantitative estimate of drug-likeness (QED) is 0.685. The van der Waals surface area contributed by atoms with Crippen LogP contribution in [0.25, 0.3) is 0 Å². The van der Waals surface area contributed by atoms with Crippen molar-refractivity contribution in [2.45, 2.75) is 25.3 Å². The predicted molar refractivity (Wildman–Crippen MR) is 90.8 cm³/mol. The van der Waals surface area contributed by atoms with E-state index in [0.29, 0.717) is 12.2 Å². The summed E-state index contributed by atoms with van der Waals surface area (Å²) in [5.74, 6) is -1.23. The number of halogens is 1. The van der Waals surface area contributed by atoms with Crippen molar-refractivity contribution in [1.82, 2.24) is 5.32 Å². The lowest BCUT2D eigenvalue weighted by molar-refractivity contribution is -0.141. The number of hydrogen-bond acceptors (Lipinski definition) is 3. The second-order valence-corrected chi connectivity index (χ2v) is 5.55. The van der Waals surface area contributed by atoms with Gasteiger partial charge in [-0.2, -0.15) is 0 Å². The zero-order valence-electron chi connectivity index (χ0n) is 13.7. The molecule has 1 atom stereocenters. The zero-order valence-corrected chi connectivity index (χ0v) is 13.7. The Labute approximate surface area is 145 Å². The van der Waals surface area contributed by atoms with Gasteiger partial charge in [0.2, 0.25) is 5.91 Å². The van der Waals surface area contributed by atoms with E-state index in [1.807, 2.05) is 30.3 Å². The second kappa shape index (κ2) is 9.42. The third-order valence-electron chi connectivity index (χ3n) is 3.55. The molecule has 0 radical (unpaired) electrons. The fourth-order valence-electron chi connectivity index (χ4n) is 2.27. The number of carbonyl (C=O) groups is 2. The summed E-state index contributed by atoms with van der Waals surface area (Å²) in [6.07, 6.45) is 0.814. The summed E-state index contributed by atoms with van der Waals surface area (Å²) in [5.41, 5.74) is 0.842. The van der Waals surface area contributed by atoms with Gasteiger partial charge in [0.25, 0.3) is 0 Å². The molecule has 0 saturated carbocycles. The number of carboxylic acids is 1. The molecule has 1 amide bonds. The highest BCUT2D eigenvalue weighted by molar-refractivity contribution is 5.83. The lowest BCUT2D eigenvalue weighted by atomic mass is 10.1. The Bertz CT molecular complexity index is 688. The molecule has 1 unspecified atom stereocenters. The maximum Gasteiger partial charge on any atom is 0.326 e. The number of carbonyl (C=O) groups excluding carboxylic acids is 1. The molecule has 2 rings (SSSR count). The Morgan fingerprint density at radius 1 is 1.08 bits per heavy atom. The average Bonchev–Trinajstić information content (AvgIpc) is 2.60. The van der Waals surface area contributed by atoms with E-state index in [2.05, 4.69) is 5.32 Å². The number of benzene rings is 2. The van der Waals surface area contributed by atoms with Crippen LogP contribution >= 0.6 is 0 Å². The van der Waals surface area contributed by atoms with Gasteiger partial charge in [-0.05, 0) is 36.2 Å². The van der Waals surface area contributed by atoms with Crippen LogP contribution in [0.5, 0.6) is 5.75 Å². The predicted octanol–water partition coefficient (Wildman–Crippen LogP) is 2.80. The molecule has 0 aliphatic carbocycles. The highest BCUT2D eigenvalue weighted by Crippen LogP contribution is 2.11. The number of ether oxygens (including phenoxy) is 1. The lowest BCUT2D eigenvalue weighted by Crippen LogP contribution is -2.42. The van der Waals surface area contributed by atoms with Crippen molar-refractivity contribution in [2.75, 3.05) is 6.61 Å². The number of nitrogens with one attached hydrogen (secondary N) is 1. The normalized spacial score (nSPS) is 11.6. The molecule has 0 fully saturated rings. The van der Waals surface area contributed by atoms with Gasteiger partial charge in [-0.1, -0.05) is 30.3 Å². The maximum atomic E-state index is 12.8. The first-order valence-electron chi connectivity index (χ1n) is 7.99. The van der Waals surface area contributed by atoms with E-state index in [0.717, 1.165) is 5.56 Å². The van der Waals surface area contributed by atoms with Crippen LogP contribution < -0.4 is 10.1 Å². The molecule has 2 N–H and O–H groups in total. The Morgan fingerprint density at radius 3 is 2.40 bits per heavy atom. The summed E-state index contributed by atoms with van der Waals surface area (Å²) in [4.78, 5) is 23.2. The zero-order chi connectivity index (χ0) is 18.1. The number of carboxylic acid groups (broad SMARTS) is 1. The molecule has 0 heterocycles. The molecule has 0 aliphatic heterocycles. The Hall–Kier alpha value is -2.89. The maximum absolute atomic E-state index is 12.8. The number of amides is 1. The molecule has 2 aromatic rings. The molecule has 0 aliphatic rings. The molecule has 0 spiro atoms. The molecular weight excluding hydrogens is 325 g/mol. The van der Waals surface area contributed by atoms with Gasteiger partial charge in [0, 0.05) is 12.8 Å². The van der Waals surface area contributed by atoms with Gasteiger partial charge in [-0.25, -0.2) is 9.18 Å². The van der Waals surface area contributed by atoms with Crippen LogP contribution in [0.15, 0.2) is 54.6 Å². The van der Waals surface area contributed by atoms with Crippen LogP contribution in [-0.4, -0.2) is 29.6 Å². The Morgan fingerprint density at radius 2 is 1.76 bits per heavy atom. The number of hydrogen-bond donors (Lipinski definition) is 2. The molecule has 0 aromatic heterocycles. The van der Waals surface area contributed by atoms with E-state index < -0.39 is 12.0 Å². The topological polar surface area (TPSA) is 75.6 Å². The van der Waals surface area contributed by atoms with E-state index in [1.165, 1.54) is 24.3 Å². The summed E-state index contributed by atoms with van der Waals surface area (Å²) >= 11 is 0. The van der Waals surface area contributed by atoms with Crippen LogP contribution in [0.1, 0.15) is 18.4 Å². The SMILES string of the molecule is O=C(CCCOc1ccc(F)cc1)NC(Cc1ccccc1)C(=O)O. The van der Waals surface area contributed by atoms with Crippen LogP contribution in [0.4, 0.5) is 4.39 Å². The van der Waals surface area contributed by atoms with Crippen molar-refractivity contribution in [1.29, 1.82) is 0 Å². The third-order valence-corrected chi connectivity index (χ3v) is 3.55. The first-order chi connectivity index (χ1) is 12.0. The standard InChI is InChI=1S/C19H20FNO4/c20-15-8-10-16(11-9-15)25-12-4-7-18(22)21-17(19(23)24)13-14-5-2-1-3-6-14/h1-3,5-6,8-11,17H,4,7,12-13H2,(H,21,22)(H,23,24). The largest absolute Gasteiger partial charge is 0.494 e. The van der Waals surface area contributed by atoms with Gasteiger partial charge in [0.15, 0.2) is 0 Å². The van der Waals surface area contributed by atoms with Crippen LogP contribution in [-0.2, 0) is 16.0 Å². The van der Waals surface area contributed by atoms with Crippen molar-refractivity contribution >= 4 is 11.9 Å². The van der Waals surface area contributed by atoms with E-state index in [9.17, 15) is 19.1 Å². The number of aliphatic carboxylic acids is 1. The molecule has 25 heavy (non-hydrogen) atoms. The van der Waals surface area contributed by atoms with Gasteiger partial charge in [-0.15, -0.1) is 0 Å². The van der Waals surface area contributed by atoms with Crippen molar-refractivity contribution in [3.63, 3.8) is 0 Å². The van der Waals surface area contributed by atoms with E-state index in [4.69, 9.17) is 4.74 Å².